The molecule has 2 aliphatic rings. The highest BCUT2D eigenvalue weighted by Crippen LogP contribution is 2.31. The minimum atomic E-state index is 0.127. The molecule has 0 saturated carbocycles. The lowest BCUT2D eigenvalue weighted by Gasteiger charge is -2.32. The molecule has 5 rings (SSSR count). The second-order valence-corrected chi connectivity index (χ2v) is 7.89. The Morgan fingerprint density at radius 3 is 2.90 bits per heavy atom. The van der Waals surface area contributed by atoms with E-state index < -0.39 is 0 Å². The number of pyridine rings is 1. The SMILES string of the molecule is O=C(Cc1ccc2c(c1)OCCO2)N1CCC[C@H](Cn2nnc(-c3ccccn3)n2)C1. The summed E-state index contributed by atoms with van der Waals surface area (Å²) in [6, 6.07) is 11.3. The third kappa shape index (κ3) is 4.50. The van der Waals surface area contributed by atoms with E-state index in [4.69, 9.17) is 9.47 Å². The van der Waals surface area contributed by atoms with E-state index in [1.165, 1.54) is 0 Å². The number of hydrogen-bond acceptors (Lipinski definition) is 7. The minimum absolute atomic E-state index is 0.127. The van der Waals surface area contributed by atoms with Gasteiger partial charge in [-0.15, -0.1) is 10.2 Å². The highest BCUT2D eigenvalue weighted by molar-refractivity contribution is 5.79. The smallest absolute Gasteiger partial charge is 0.227 e. The van der Waals surface area contributed by atoms with E-state index in [0.29, 0.717) is 55.9 Å². The van der Waals surface area contributed by atoms with Crippen LogP contribution in [0.2, 0.25) is 0 Å². The Balaban J connectivity index is 1.19. The first-order valence-electron chi connectivity index (χ1n) is 10.6. The zero-order chi connectivity index (χ0) is 21.0. The number of likely N-dealkylation sites (tertiary alicyclic amines) is 1. The van der Waals surface area contributed by atoms with E-state index in [1.807, 2.05) is 41.3 Å². The molecule has 31 heavy (non-hydrogen) atoms. The van der Waals surface area contributed by atoms with Crippen molar-refractivity contribution in [3.05, 3.63) is 48.2 Å². The van der Waals surface area contributed by atoms with Crippen molar-refractivity contribution >= 4 is 5.91 Å². The van der Waals surface area contributed by atoms with Crippen LogP contribution >= 0.6 is 0 Å². The molecule has 0 N–H and O–H groups in total. The first-order valence-corrected chi connectivity index (χ1v) is 10.6. The summed E-state index contributed by atoms with van der Waals surface area (Å²) in [7, 11) is 0. The van der Waals surface area contributed by atoms with Crippen LogP contribution in [0.5, 0.6) is 11.5 Å². The predicted octanol–water partition coefficient (Wildman–Crippen LogP) is 1.99. The Hall–Kier alpha value is -3.49. The molecule has 1 aromatic carbocycles. The molecule has 4 heterocycles. The molecule has 1 fully saturated rings. The van der Waals surface area contributed by atoms with Crippen molar-refractivity contribution in [2.45, 2.75) is 25.8 Å². The molecule has 3 aromatic rings. The molecular formula is C22H24N6O3. The molecule has 9 nitrogen and oxygen atoms in total. The van der Waals surface area contributed by atoms with E-state index in [-0.39, 0.29) is 5.91 Å². The average molecular weight is 420 g/mol. The van der Waals surface area contributed by atoms with Crippen LogP contribution in [-0.4, -0.2) is 62.3 Å². The first kappa shape index (κ1) is 19.5. The monoisotopic (exact) mass is 420 g/mol. The van der Waals surface area contributed by atoms with Gasteiger partial charge in [0.25, 0.3) is 0 Å². The van der Waals surface area contributed by atoms with Gasteiger partial charge >= 0.3 is 0 Å². The fourth-order valence-electron chi connectivity index (χ4n) is 4.07. The summed E-state index contributed by atoms with van der Waals surface area (Å²) in [6.07, 6.45) is 4.07. The lowest BCUT2D eigenvalue weighted by atomic mass is 9.97. The molecule has 1 saturated heterocycles. The van der Waals surface area contributed by atoms with Gasteiger partial charge in [-0.3, -0.25) is 9.78 Å². The van der Waals surface area contributed by atoms with Crippen LogP contribution in [0.1, 0.15) is 18.4 Å². The van der Waals surface area contributed by atoms with E-state index >= 15 is 0 Å². The number of benzene rings is 1. The predicted molar refractivity (Wildman–Crippen MR) is 111 cm³/mol. The van der Waals surface area contributed by atoms with Crippen molar-refractivity contribution in [2.75, 3.05) is 26.3 Å². The number of aromatic nitrogens is 5. The first-order chi connectivity index (χ1) is 15.2. The molecule has 160 valence electrons. The van der Waals surface area contributed by atoms with E-state index in [0.717, 1.165) is 30.7 Å². The quantitative estimate of drug-likeness (QED) is 0.623. The van der Waals surface area contributed by atoms with Gasteiger partial charge in [0.05, 0.1) is 13.0 Å². The van der Waals surface area contributed by atoms with Crippen LogP contribution in [0.3, 0.4) is 0 Å². The molecule has 0 bridgehead atoms. The molecule has 0 unspecified atom stereocenters. The van der Waals surface area contributed by atoms with Crippen molar-refractivity contribution in [1.82, 2.24) is 30.1 Å². The van der Waals surface area contributed by atoms with Gasteiger partial charge < -0.3 is 14.4 Å². The summed E-state index contributed by atoms with van der Waals surface area (Å²) in [5.74, 6) is 2.40. The van der Waals surface area contributed by atoms with Crippen molar-refractivity contribution in [3.63, 3.8) is 0 Å². The fourth-order valence-corrected chi connectivity index (χ4v) is 4.07. The standard InChI is InChI=1S/C22H24N6O3/c29-21(13-16-6-7-19-20(12-16)31-11-10-30-19)27-9-3-4-17(14-27)15-28-25-22(24-26-28)18-5-1-2-8-23-18/h1-2,5-8,12,17H,3-4,9-11,13-15H2/t17-/m0/s1. The highest BCUT2D eigenvalue weighted by Gasteiger charge is 2.25. The number of tetrazole rings is 1. The zero-order valence-corrected chi connectivity index (χ0v) is 17.2. The van der Waals surface area contributed by atoms with Gasteiger partial charge in [0.1, 0.15) is 18.9 Å². The molecular weight excluding hydrogens is 396 g/mol. The third-order valence-electron chi connectivity index (χ3n) is 5.60. The number of piperidine rings is 1. The second-order valence-electron chi connectivity index (χ2n) is 7.89. The topological polar surface area (TPSA) is 95.3 Å². The largest absolute Gasteiger partial charge is 0.486 e. The number of fused-ring (bicyclic) bond motifs is 1. The molecule has 1 amide bonds. The Morgan fingerprint density at radius 1 is 1.13 bits per heavy atom. The normalized spacial score (nSPS) is 18.1. The third-order valence-corrected chi connectivity index (χ3v) is 5.60. The van der Waals surface area contributed by atoms with Crippen molar-refractivity contribution in [3.8, 4) is 23.0 Å². The van der Waals surface area contributed by atoms with Gasteiger partial charge in [-0.2, -0.15) is 4.80 Å². The summed E-state index contributed by atoms with van der Waals surface area (Å²) in [6.45, 7) is 3.21. The number of amides is 1. The summed E-state index contributed by atoms with van der Waals surface area (Å²) in [5.41, 5.74) is 1.64. The van der Waals surface area contributed by atoms with Crippen LogP contribution < -0.4 is 9.47 Å². The molecule has 2 aliphatic heterocycles. The van der Waals surface area contributed by atoms with Crippen LogP contribution in [0.15, 0.2) is 42.6 Å². The second kappa shape index (κ2) is 8.71. The maximum Gasteiger partial charge on any atom is 0.227 e. The number of rotatable bonds is 5. The minimum Gasteiger partial charge on any atom is -0.486 e. The Labute approximate surface area is 180 Å². The summed E-state index contributed by atoms with van der Waals surface area (Å²) < 4.78 is 11.2. The number of nitrogens with zero attached hydrogens (tertiary/aromatic N) is 6. The van der Waals surface area contributed by atoms with Crippen LogP contribution in [0.25, 0.3) is 11.5 Å². The molecule has 0 aliphatic carbocycles. The van der Waals surface area contributed by atoms with Gasteiger partial charge in [0.2, 0.25) is 11.7 Å². The van der Waals surface area contributed by atoms with E-state index in [9.17, 15) is 4.79 Å². The molecule has 0 spiro atoms. The summed E-state index contributed by atoms with van der Waals surface area (Å²) in [5, 5.41) is 12.7. The number of ether oxygens (including phenoxy) is 2. The summed E-state index contributed by atoms with van der Waals surface area (Å²) in [4.78, 5) is 20.7. The summed E-state index contributed by atoms with van der Waals surface area (Å²) >= 11 is 0. The fraction of sp³-hybridized carbons (Fsp3) is 0.409. The lowest BCUT2D eigenvalue weighted by Crippen LogP contribution is -2.42. The van der Waals surface area contributed by atoms with Crippen LogP contribution in [0.4, 0.5) is 0 Å². The van der Waals surface area contributed by atoms with Gasteiger partial charge in [-0.25, -0.2) is 0 Å². The molecule has 2 aromatic heterocycles. The number of carbonyl (C=O) groups excluding carboxylic acids is 1. The molecule has 9 heteroatoms. The number of hydrogen-bond donors (Lipinski definition) is 0. The van der Waals surface area contributed by atoms with Crippen molar-refractivity contribution < 1.29 is 14.3 Å². The van der Waals surface area contributed by atoms with Crippen molar-refractivity contribution in [2.24, 2.45) is 5.92 Å². The number of carbonyl (C=O) groups is 1. The van der Waals surface area contributed by atoms with Crippen LogP contribution in [-0.2, 0) is 17.8 Å². The maximum atomic E-state index is 12.9. The molecule has 1 atom stereocenters. The van der Waals surface area contributed by atoms with Gasteiger partial charge in [-0.05, 0) is 53.8 Å². The van der Waals surface area contributed by atoms with Crippen molar-refractivity contribution in [1.29, 1.82) is 0 Å². The van der Waals surface area contributed by atoms with Crippen LogP contribution in [0, 0.1) is 5.92 Å². The van der Waals surface area contributed by atoms with Gasteiger partial charge in [0, 0.05) is 19.3 Å². The zero-order valence-electron chi connectivity index (χ0n) is 17.2. The Morgan fingerprint density at radius 2 is 2.03 bits per heavy atom. The molecule has 0 radical (unpaired) electrons. The Bertz CT molecular complexity index is 1050. The highest BCUT2D eigenvalue weighted by atomic mass is 16.6. The van der Waals surface area contributed by atoms with Gasteiger partial charge in [-0.1, -0.05) is 12.1 Å². The van der Waals surface area contributed by atoms with Gasteiger partial charge in [0.15, 0.2) is 11.5 Å². The Kier molecular flexibility index (Phi) is 5.47. The maximum absolute atomic E-state index is 12.9. The van der Waals surface area contributed by atoms with E-state index in [1.54, 1.807) is 11.0 Å². The van der Waals surface area contributed by atoms with E-state index in [2.05, 4.69) is 20.4 Å². The average Bonchev–Trinajstić information content (AvgIpc) is 3.28. The lowest BCUT2D eigenvalue weighted by molar-refractivity contribution is -0.132.